The Morgan fingerprint density at radius 1 is 0.857 bits per heavy atom. The molecule has 0 aliphatic rings. The molecule has 0 aliphatic heterocycles. The van der Waals surface area contributed by atoms with Crippen LogP contribution >= 0.6 is 0 Å². The van der Waals surface area contributed by atoms with Crippen LogP contribution in [0, 0.1) is 0 Å². The number of ether oxygens (including phenoxy) is 4. The summed E-state index contributed by atoms with van der Waals surface area (Å²) in [4.78, 5) is 30.2. The molecule has 0 rings (SSSR count). The maximum atomic E-state index is 10.3. The number of methoxy groups -OCH3 is 1. The Labute approximate surface area is 170 Å². The lowest BCUT2D eigenvalue weighted by molar-refractivity contribution is -0.147. The molecule has 0 aliphatic carbocycles. The Kier molecular flexibility index (Phi) is 36.4. The van der Waals surface area contributed by atoms with Crippen molar-refractivity contribution in [3.8, 4) is 0 Å². The van der Waals surface area contributed by atoms with Gasteiger partial charge in [0.1, 0.15) is 6.10 Å². The zero-order valence-electron chi connectivity index (χ0n) is 19.0. The molecular weight excluding hydrogens is 368 g/mol. The molecule has 0 radical (unpaired) electrons. The molecule has 8 nitrogen and oxygen atoms in total. The molecule has 0 aromatic heterocycles. The molecule has 0 aromatic carbocycles. The molecule has 8 heteroatoms. The third-order valence-electron chi connectivity index (χ3n) is 2.43. The van der Waals surface area contributed by atoms with Gasteiger partial charge in [-0.1, -0.05) is 26.7 Å². The number of hydrogen-bond donors (Lipinski definition) is 1. The molecule has 0 saturated carbocycles. The van der Waals surface area contributed by atoms with Gasteiger partial charge in [-0.25, -0.2) is 0 Å². The van der Waals surface area contributed by atoms with E-state index in [1.807, 2.05) is 0 Å². The summed E-state index contributed by atoms with van der Waals surface area (Å²) >= 11 is 0. The number of esters is 3. The lowest BCUT2D eigenvalue weighted by Crippen LogP contribution is -2.17. The average molecular weight is 411 g/mol. The van der Waals surface area contributed by atoms with Crippen molar-refractivity contribution in [2.45, 2.75) is 80.3 Å². The predicted octanol–water partition coefficient (Wildman–Crippen LogP) is 3.28. The van der Waals surface area contributed by atoms with E-state index in [0.717, 1.165) is 25.7 Å². The van der Waals surface area contributed by atoms with Crippen molar-refractivity contribution in [2.75, 3.05) is 33.5 Å². The van der Waals surface area contributed by atoms with Gasteiger partial charge in [-0.2, -0.15) is 0 Å². The molecule has 0 saturated heterocycles. The fourth-order valence-electron chi connectivity index (χ4n) is 1.27. The highest BCUT2D eigenvalue weighted by Crippen LogP contribution is 1.90. The Bertz CT molecular complexity index is 343. The second kappa shape index (κ2) is 30.1. The fraction of sp³-hybridized carbons (Fsp3) is 0.850. The molecule has 1 atom stereocenters. The largest absolute Gasteiger partial charge is 0.466 e. The molecular formula is C20H42O8. The van der Waals surface area contributed by atoms with Gasteiger partial charge in [-0.15, -0.1) is 0 Å². The first-order valence-corrected chi connectivity index (χ1v) is 9.66. The second-order valence-corrected chi connectivity index (χ2v) is 5.57. The average Bonchev–Trinajstić information content (AvgIpc) is 2.56. The number of hydrogen-bond acceptors (Lipinski definition) is 8. The van der Waals surface area contributed by atoms with E-state index in [1.54, 1.807) is 21.0 Å². The molecule has 170 valence electrons. The minimum Gasteiger partial charge on any atom is -0.466 e. The van der Waals surface area contributed by atoms with Crippen molar-refractivity contribution >= 4 is 17.9 Å². The van der Waals surface area contributed by atoms with Crippen LogP contribution in [0.25, 0.3) is 0 Å². The van der Waals surface area contributed by atoms with Gasteiger partial charge in [0.25, 0.3) is 0 Å². The zero-order chi connectivity index (χ0) is 22.8. The summed E-state index contributed by atoms with van der Waals surface area (Å²) in [6.45, 7) is 13.7. The number of carbonyl (C=O) groups excluding carboxylic acids is 3. The SMILES string of the molecule is CCCCO.CCCCOC(C)=O.CCOC(C)=O.COCC(C)OC(C)=O. The molecule has 0 amide bonds. The quantitative estimate of drug-likeness (QED) is 0.350. The van der Waals surface area contributed by atoms with Gasteiger partial charge in [0, 0.05) is 34.5 Å². The van der Waals surface area contributed by atoms with Crippen molar-refractivity contribution in [1.29, 1.82) is 0 Å². The maximum absolute atomic E-state index is 10.3. The Balaban J connectivity index is -0.000000141. The number of rotatable bonds is 9. The minimum absolute atomic E-state index is 0.132. The molecule has 1 N–H and O–H groups in total. The topological polar surface area (TPSA) is 108 Å². The van der Waals surface area contributed by atoms with Crippen molar-refractivity contribution in [2.24, 2.45) is 0 Å². The highest BCUT2D eigenvalue weighted by atomic mass is 16.6. The van der Waals surface area contributed by atoms with E-state index in [2.05, 4.69) is 23.3 Å². The molecule has 0 spiro atoms. The van der Waals surface area contributed by atoms with Gasteiger partial charge in [0.05, 0.1) is 19.8 Å². The summed E-state index contributed by atoms with van der Waals surface area (Å²) < 4.78 is 18.5. The van der Waals surface area contributed by atoms with Crippen LogP contribution in [0.1, 0.15) is 74.1 Å². The van der Waals surface area contributed by atoms with E-state index >= 15 is 0 Å². The van der Waals surface area contributed by atoms with Gasteiger partial charge < -0.3 is 24.1 Å². The third-order valence-corrected chi connectivity index (χ3v) is 2.43. The van der Waals surface area contributed by atoms with Crippen molar-refractivity contribution in [3.63, 3.8) is 0 Å². The minimum atomic E-state index is -0.264. The van der Waals surface area contributed by atoms with E-state index in [9.17, 15) is 14.4 Å². The molecule has 0 bridgehead atoms. The van der Waals surface area contributed by atoms with Crippen molar-refractivity contribution in [1.82, 2.24) is 0 Å². The summed E-state index contributed by atoms with van der Waals surface area (Å²) in [7, 11) is 1.57. The van der Waals surface area contributed by atoms with Crippen LogP contribution in [-0.4, -0.2) is 62.7 Å². The third kappa shape index (κ3) is 56.3. The summed E-state index contributed by atoms with van der Waals surface area (Å²) in [5.74, 6) is -0.657. The lowest BCUT2D eigenvalue weighted by Gasteiger charge is -2.08. The Morgan fingerprint density at radius 2 is 1.36 bits per heavy atom. The monoisotopic (exact) mass is 410 g/mol. The van der Waals surface area contributed by atoms with E-state index in [4.69, 9.17) is 14.6 Å². The van der Waals surface area contributed by atoms with Gasteiger partial charge in [-0.3, -0.25) is 14.4 Å². The molecule has 28 heavy (non-hydrogen) atoms. The molecule has 0 fully saturated rings. The number of unbranched alkanes of at least 4 members (excludes halogenated alkanes) is 2. The molecule has 1 unspecified atom stereocenters. The van der Waals surface area contributed by atoms with Crippen molar-refractivity contribution in [3.05, 3.63) is 0 Å². The molecule has 0 heterocycles. The smallest absolute Gasteiger partial charge is 0.302 e. The summed E-state index contributed by atoms with van der Waals surface area (Å²) in [6.07, 6.45) is 3.95. The van der Waals surface area contributed by atoms with Crippen LogP contribution in [0.3, 0.4) is 0 Å². The van der Waals surface area contributed by atoms with Crippen LogP contribution in [0.4, 0.5) is 0 Å². The predicted molar refractivity (Wildman–Crippen MR) is 109 cm³/mol. The first kappa shape index (κ1) is 33.9. The van der Waals surface area contributed by atoms with E-state index in [1.165, 1.54) is 20.8 Å². The van der Waals surface area contributed by atoms with Crippen LogP contribution in [0.15, 0.2) is 0 Å². The van der Waals surface area contributed by atoms with Gasteiger partial charge in [0.2, 0.25) is 0 Å². The van der Waals surface area contributed by atoms with Crippen LogP contribution in [0.2, 0.25) is 0 Å². The standard InChI is InChI=1S/C6H12O3.C6H12O2.C4H8O2.C4H10O/c1-5(4-8-3)9-6(2)7;1-3-4-5-8-6(2)7;1-3-6-4(2)5;1-2-3-4-5/h5H,4H2,1-3H3;3-5H2,1-2H3;3H2,1-2H3;5H,2-4H2,1H3. The maximum Gasteiger partial charge on any atom is 0.302 e. The fourth-order valence-corrected chi connectivity index (χ4v) is 1.27. The Hall–Kier alpha value is -1.67. The first-order chi connectivity index (χ1) is 13.1. The zero-order valence-corrected chi connectivity index (χ0v) is 19.0. The van der Waals surface area contributed by atoms with E-state index < -0.39 is 0 Å². The number of aliphatic hydroxyl groups excluding tert-OH is 1. The van der Waals surface area contributed by atoms with E-state index in [-0.39, 0.29) is 24.0 Å². The normalized spacial score (nSPS) is 9.75. The first-order valence-electron chi connectivity index (χ1n) is 9.66. The second-order valence-electron chi connectivity index (χ2n) is 5.57. The summed E-state index contributed by atoms with van der Waals surface area (Å²) in [5, 5.41) is 8.07. The lowest BCUT2D eigenvalue weighted by atomic mass is 10.4. The van der Waals surface area contributed by atoms with Crippen LogP contribution in [0.5, 0.6) is 0 Å². The van der Waals surface area contributed by atoms with E-state index in [0.29, 0.717) is 26.4 Å². The highest BCUT2D eigenvalue weighted by Gasteiger charge is 2.02. The summed E-state index contributed by atoms with van der Waals surface area (Å²) in [6, 6.07) is 0. The highest BCUT2D eigenvalue weighted by molar-refractivity contribution is 5.66. The van der Waals surface area contributed by atoms with Gasteiger partial charge >= 0.3 is 17.9 Å². The Morgan fingerprint density at radius 3 is 1.57 bits per heavy atom. The van der Waals surface area contributed by atoms with Crippen LogP contribution < -0.4 is 0 Å². The van der Waals surface area contributed by atoms with Crippen molar-refractivity contribution < 1.29 is 38.4 Å². The molecule has 0 aromatic rings. The number of carbonyl (C=O) groups is 3. The summed E-state index contributed by atoms with van der Waals surface area (Å²) in [5.41, 5.74) is 0. The van der Waals surface area contributed by atoms with Crippen LogP contribution in [-0.2, 0) is 33.3 Å². The number of aliphatic hydroxyl groups is 1. The van der Waals surface area contributed by atoms with Gasteiger partial charge in [-0.05, 0) is 26.7 Å². The van der Waals surface area contributed by atoms with Gasteiger partial charge in [0.15, 0.2) is 0 Å².